The first-order valence-corrected chi connectivity index (χ1v) is 5.49. The lowest BCUT2D eigenvalue weighted by Gasteiger charge is -2.08. The molecular weight excluding hydrogens is 231 g/mol. The molecule has 0 amide bonds. The average Bonchev–Trinajstić information content (AvgIpc) is 2.64. The van der Waals surface area contributed by atoms with Crippen molar-refractivity contribution < 1.29 is 0 Å². The molecule has 0 saturated carbocycles. The van der Waals surface area contributed by atoms with Crippen molar-refractivity contribution in [3.63, 3.8) is 0 Å². The summed E-state index contributed by atoms with van der Waals surface area (Å²) >= 11 is 12.0. The van der Waals surface area contributed by atoms with Gasteiger partial charge < -0.3 is 0 Å². The van der Waals surface area contributed by atoms with Gasteiger partial charge in [-0.3, -0.25) is 0 Å². The molecule has 15 heavy (non-hydrogen) atoms. The van der Waals surface area contributed by atoms with Gasteiger partial charge in [0.25, 0.3) is 0 Å². The molecule has 0 unspecified atom stereocenters. The highest BCUT2D eigenvalue weighted by Crippen LogP contribution is 2.25. The van der Waals surface area contributed by atoms with Crippen LogP contribution in [0, 0.1) is 6.92 Å². The molecule has 0 fully saturated rings. The summed E-state index contributed by atoms with van der Waals surface area (Å²) in [6, 6.07) is 7.61. The molecule has 2 aromatic rings. The molecule has 1 aromatic carbocycles. The monoisotopic (exact) mass is 240 g/mol. The van der Waals surface area contributed by atoms with E-state index in [0.717, 1.165) is 16.9 Å². The molecule has 1 heterocycles. The zero-order valence-electron chi connectivity index (χ0n) is 8.24. The normalized spacial score (nSPS) is 10.6. The quantitative estimate of drug-likeness (QED) is 0.735. The average molecular weight is 241 g/mol. The van der Waals surface area contributed by atoms with Crippen LogP contribution in [0.1, 0.15) is 11.3 Å². The topological polar surface area (TPSA) is 17.8 Å². The fourth-order valence-electron chi connectivity index (χ4n) is 1.46. The van der Waals surface area contributed by atoms with E-state index in [-0.39, 0.29) is 0 Å². The molecule has 0 radical (unpaired) electrons. The van der Waals surface area contributed by atoms with Crippen LogP contribution in [0.25, 0.3) is 5.69 Å². The third-order valence-electron chi connectivity index (χ3n) is 2.17. The summed E-state index contributed by atoms with van der Waals surface area (Å²) in [7, 11) is 0. The summed E-state index contributed by atoms with van der Waals surface area (Å²) < 4.78 is 1.76. The van der Waals surface area contributed by atoms with Gasteiger partial charge in [0.1, 0.15) is 0 Å². The zero-order valence-corrected chi connectivity index (χ0v) is 9.76. The molecule has 78 valence electrons. The lowest BCUT2D eigenvalue weighted by Crippen LogP contribution is -2.00. The van der Waals surface area contributed by atoms with Crippen molar-refractivity contribution in [2.45, 2.75) is 12.8 Å². The Kier molecular flexibility index (Phi) is 2.98. The van der Waals surface area contributed by atoms with Gasteiger partial charge in [0.15, 0.2) is 0 Å². The standard InChI is InChI=1S/C11H10Cl2N2/c1-8-5-6-15(14-8)11-9(7-12)3-2-4-10(11)13/h2-6H,7H2,1H3. The van der Waals surface area contributed by atoms with Crippen molar-refractivity contribution in [2.24, 2.45) is 0 Å². The van der Waals surface area contributed by atoms with Crippen LogP contribution in [0.5, 0.6) is 0 Å². The Morgan fingerprint density at radius 3 is 2.73 bits per heavy atom. The molecule has 0 aliphatic carbocycles. The lowest BCUT2D eigenvalue weighted by atomic mass is 10.2. The summed E-state index contributed by atoms with van der Waals surface area (Å²) in [5.74, 6) is 0.425. The third-order valence-corrected chi connectivity index (χ3v) is 2.76. The summed E-state index contributed by atoms with van der Waals surface area (Å²) in [6.07, 6.45) is 1.88. The zero-order chi connectivity index (χ0) is 10.8. The van der Waals surface area contributed by atoms with Gasteiger partial charge in [0, 0.05) is 12.1 Å². The van der Waals surface area contributed by atoms with Gasteiger partial charge in [-0.1, -0.05) is 23.7 Å². The highest BCUT2D eigenvalue weighted by molar-refractivity contribution is 6.32. The third kappa shape index (κ3) is 2.01. The van der Waals surface area contributed by atoms with Crippen molar-refractivity contribution in [1.82, 2.24) is 9.78 Å². The minimum atomic E-state index is 0.425. The molecule has 2 rings (SSSR count). The van der Waals surface area contributed by atoms with Gasteiger partial charge in [-0.2, -0.15) is 5.10 Å². The molecule has 0 aliphatic rings. The summed E-state index contributed by atoms with van der Waals surface area (Å²) in [6.45, 7) is 1.94. The van der Waals surface area contributed by atoms with Crippen LogP contribution in [0.2, 0.25) is 5.02 Å². The molecule has 4 heteroatoms. The number of hydrogen-bond donors (Lipinski definition) is 0. The molecule has 0 spiro atoms. The smallest absolute Gasteiger partial charge is 0.0875 e. The first-order valence-electron chi connectivity index (χ1n) is 4.58. The van der Waals surface area contributed by atoms with Gasteiger partial charge in [-0.15, -0.1) is 11.6 Å². The van der Waals surface area contributed by atoms with Crippen LogP contribution in [-0.4, -0.2) is 9.78 Å². The Morgan fingerprint density at radius 2 is 2.13 bits per heavy atom. The van der Waals surface area contributed by atoms with Crippen molar-refractivity contribution >= 4 is 23.2 Å². The number of hydrogen-bond acceptors (Lipinski definition) is 1. The van der Waals surface area contributed by atoms with Crippen molar-refractivity contribution in [3.8, 4) is 5.69 Å². The fourth-order valence-corrected chi connectivity index (χ4v) is 1.96. The van der Waals surface area contributed by atoms with E-state index >= 15 is 0 Å². The number of para-hydroxylation sites is 1. The summed E-state index contributed by atoms with van der Waals surface area (Å²) in [5, 5.41) is 4.99. The molecular formula is C11H10Cl2N2. The van der Waals surface area contributed by atoms with E-state index in [1.807, 2.05) is 37.4 Å². The number of nitrogens with zero attached hydrogens (tertiary/aromatic N) is 2. The number of aryl methyl sites for hydroxylation is 1. The predicted molar refractivity (Wildman–Crippen MR) is 62.9 cm³/mol. The van der Waals surface area contributed by atoms with Gasteiger partial charge >= 0.3 is 0 Å². The molecule has 0 bridgehead atoms. The fraction of sp³-hybridized carbons (Fsp3) is 0.182. The van der Waals surface area contributed by atoms with Gasteiger partial charge in [-0.25, -0.2) is 4.68 Å². The minimum absolute atomic E-state index is 0.425. The Balaban J connectivity index is 2.60. The molecule has 0 atom stereocenters. The highest BCUT2D eigenvalue weighted by Gasteiger charge is 2.08. The maximum atomic E-state index is 6.13. The second kappa shape index (κ2) is 4.25. The molecule has 0 N–H and O–H groups in total. The number of halogens is 2. The first kappa shape index (κ1) is 10.5. The van der Waals surface area contributed by atoms with E-state index in [0.29, 0.717) is 10.9 Å². The molecule has 2 nitrogen and oxygen atoms in total. The summed E-state index contributed by atoms with van der Waals surface area (Å²) in [4.78, 5) is 0. The SMILES string of the molecule is Cc1ccn(-c2c(Cl)cccc2CCl)n1. The van der Waals surface area contributed by atoms with Gasteiger partial charge in [0.05, 0.1) is 16.4 Å². The van der Waals surface area contributed by atoms with Crippen LogP contribution in [0.15, 0.2) is 30.5 Å². The van der Waals surface area contributed by atoms with E-state index in [4.69, 9.17) is 23.2 Å². The van der Waals surface area contributed by atoms with Gasteiger partial charge in [-0.05, 0) is 24.6 Å². The maximum Gasteiger partial charge on any atom is 0.0875 e. The number of rotatable bonds is 2. The van der Waals surface area contributed by atoms with Crippen LogP contribution in [0.3, 0.4) is 0 Å². The molecule has 0 aliphatic heterocycles. The van der Waals surface area contributed by atoms with Crippen molar-refractivity contribution in [3.05, 3.63) is 46.7 Å². The second-order valence-corrected chi connectivity index (χ2v) is 3.96. The van der Waals surface area contributed by atoms with E-state index in [2.05, 4.69) is 5.10 Å². The van der Waals surface area contributed by atoms with E-state index in [1.54, 1.807) is 4.68 Å². The Hall–Kier alpha value is -0.990. The number of aromatic nitrogens is 2. The highest BCUT2D eigenvalue weighted by atomic mass is 35.5. The Morgan fingerprint density at radius 1 is 1.33 bits per heavy atom. The van der Waals surface area contributed by atoms with Crippen LogP contribution < -0.4 is 0 Å². The first-order chi connectivity index (χ1) is 7.22. The largest absolute Gasteiger partial charge is 0.239 e. The lowest BCUT2D eigenvalue weighted by molar-refractivity contribution is 0.854. The number of benzene rings is 1. The number of alkyl halides is 1. The van der Waals surface area contributed by atoms with Crippen LogP contribution in [-0.2, 0) is 5.88 Å². The Bertz CT molecular complexity index is 477. The second-order valence-electron chi connectivity index (χ2n) is 3.28. The van der Waals surface area contributed by atoms with E-state index in [9.17, 15) is 0 Å². The van der Waals surface area contributed by atoms with E-state index in [1.165, 1.54) is 0 Å². The molecule has 0 saturated heterocycles. The molecule has 1 aromatic heterocycles. The summed E-state index contributed by atoms with van der Waals surface area (Å²) in [5.41, 5.74) is 2.80. The predicted octanol–water partition coefficient (Wildman–Crippen LogP) is 3.57. The Labute approximate surface area is 98.4 Å². The minimum Gasteiger partial charge on any atom is -0.239 e. The van der Waals surface area contributed by atoms with E-state index < -0.39 is 0 Å². The maximum absolute atomic E-state index is 6.13. The van der Waals surface area contributed by atoms with Crippen LogP contribution >= 0.6 is 23.2 Å². The van der Waals surface area contributed by atoms with Crippen LogP contribution in [0.4, 0.5) is 0 Å². The van der Waals surface area contributed by atoms with Crippen molar-refractivity contribution in [2.75, 3.05) is 0 Å². The van der Waals surface area contributed by atoms with Gasteiger partial charge in [0.2, 0.25) is 0 Å². The van der Waals surface area contributed by atoms with Crippen molar-refractivity contribution in [1.29, 1.82) is 0 Å².